The summed E-state index contributed by atoms with van der Waals surface area (Å²) in [5, 5.41) is 23.3. The minimum atomic E-state index is -0.969. The maximum Gasteiger partial charge on any atom is 0.308 e. The first-order valence-electron chi connectivity index (χ1n) is 12.8. The van der Waals surface area contributed by atoms with Crippen LogP contribution in [0.1, 0.15) is 71.8 Å². The van der Waals surface area contributed by atoms with Crippen molar-refractivity contribution in [3.8, 4) is 0 Å². The van der Waals surface area contributed by atoms with Crippen molar-refractivity contribution in [3.63, 3.8) is 0 Å². The van der Waals surface area contributed by atoms with Crippen LogP contribution in [-0.4, -0.2) is 47.6 Å². The molecule has 9 unspecified atom stereocenters. The molecule has 4 rings (SSSR count). The molecular weight excluding hydrogens is 460 g/mol. The van der Waals surface area contributed by atoms with Crippen molar-refractivity contribution in [1.29, 1.82) is 0 Å². The van der Waals surface area contributed by atoms with Crippen LogP contribution in [0.4, 0.5) is 0 Å². The van der Waals surface area contributed by atoms with Gasteiger partial charge in [-0.05, 0) is 55.7 Å². The number of furan rings is 1. The van der Waals surface area contributed by atoms with E-state index >= 15 is 0 Å². The Morgan fingerprint density at radius 2 is 1.97 bits per heavy atom. The molecule has 3 aliphatic carbocycles. The zero-order valence-electron chi connectivity index (χ0n) is 22.2. The third kappa shape index (κ3) is 3.77. The minimum absolute atomic E-state index is 0.122. The summed E-state index contributed by atoms with van der Waals surface area (Å²) in [6.07, 6.45) is 4.99. The van der Waals surface area contributed by atoms with Gasteiger partial charge in [0.05, 0.1) is 38.3 Å². The van der Waals surface area contributed by atoms with E-state index in [-0.39, 0.29) is 35.6 Å². The van der Waals surface area contributed by atoms with Crippen LogP contribution in [-0.2, 0) is 19.1 Å². The third-order valence-corrected chi connectivity index (χ3v) is 9.98. The van der Waals surface area contributed by atoms with E-state index in [1.807, 2.05) is 26.0 Å². The molecule has 2 N–H and O–H groups in total. The summed E-state index contributed by atoms with van der Waals surface area (Å²) in [6, 6.07) is 1.91. The average Bonchev–Trinajstić information content (AvgIpc) is 3.41. The van der Waals surface area contributed by atoms with E-state index in [0.29, 0.717) is 6.42 Å². The molecule has 0 amide bonds. The summed E-state index contributed by atoms with van der Waals surface area (Å²) in [5.74, 6) is -1.29. The van der Waals surface area contributed by atoms with Gasteiger partial charge in [0.1, 0.15) is 6.10 Å². The van der Waals surface area contributed by atoms with Crippen LogP contribution in [0.3, 0.4) is 0 Å². The van der Waals surface area contributed by atoms with E-state index in [9.17, 15) is 19.8 Å². The molecule has 198 valence electrons. The van der Waals surface area contributed by atoms with Gasteiger partial charge in [-0.15, -0.1) is 0 Å². The summed E-state index contributed by atoms with van der Waals surface area (Å²) in [7, 11) is 1.32. The third-order valence-electron chi connectivity index (χ3n) is 9.98. The van der Waals surface area contributed by atoms with Gasteiger partial charge in [-0.1, -0.05) is 38.5 Å². The van der Waals surface area contributed by atoms with Gasteiger partial charge in [0.2, 0.25) is 0 Å². The fraction of sp³-hybridized carbons (Fsp3) is 0.655. The van der Waals surface area contributed by atoms with Crippen LogP contribution in [0.5, 0.6) is 0 Å². The first-order valence-corrected chi connectivity index (χ1v) is 12.8. The summed E-state index contributed by atoms with van der Waals surface area (Å²) in [5.41, 5.74) is 1.07. The molecule has 0 spiro atoms. The van der Waals surface area contributed by atoms with E-state index in [1.54, 1.807) is 12.5 Å². The molecule has 9 atom stereocenters. The van der Waals surface area contributed by atoms with Gasteiger partial charge in [0, 0.05) is 29.1 Å². The van der Waals surface area contributed by atoms with E-state index in [0.717, 1.165) is 29.6 Å². The summed E-state index contributed by atoms with van der Waals surface area (Å²) in [6.45, 7) is 13.8. The molecule has 2 saturated carbocycles. The highest BCUT2D eigenvalue weighted by Gasteiger charge is 2.68. The first-order chi connectivity index (χ1) is 16.8. The number of esters is 2. The number of hydrogen-bond donors (Lipinski definition) is 2. The molecule has 1 heterocycles. The fourth-order valence-electron chi connectivity index (χ4n) is 8.29. The highest BCUT2D eigenvalue weighted by molar-refractivity contribution is 5.70. The largest absolute Gasteiger partial charge is 0.472 e. The Balaban J connectivity index is 1.85. The predicted molar refractivity (Wildman–Crippen MR) is 134 cm³/mol. The lowest BCUT2D eigenvalue weighted by molar-refractivity contribution is -0.182. The molecule has 36 heavy (non-hydrogen) atoms. The molecular formula is C29H40O7. The van der Waals surface area contributed by atoms with Gasteiger partial charge < -0.3 is 24.1 Å². The highest BCUT2D eigenvalue weighted by atomic mass is 16.5. The van der Waals surface area contributed by atoms with Crippen molar-refractivity contribution >= 4 is 11.9 Å². The number of aliphatic hydroxyl groups is 2. The van der Waals surface area contributed by atoms with Gasteiger partial charge >= 0.3 is 11.9 Å². The minimum Gasteiger partial charge on any atom is -0.472 e. The lowest BCUT2D eigenvalue weighted by atomic mass is 9.40. The first kappa shape index (κ1) is 26.7. The van der Waals surface area contributed by atoms with Crippen LogP contribution >= 0.6 is 0 Å². The molecule has 0 saturated heterocycles. The highest BCUT2D eigenvalue weighted by Crippen LogP contribution is 2.71. The average molecular weight is 501 g/mol. The Bertz CT molecular complexity index is 1060. The van der Waals surface area contributed by atoms with Crippen LogP contribution in [0.15, 0.2) is 46.8 Å². The normalized spacial score (nSPS) is 40.4. The van der Waals surface area contributed by atoms with Gasteiger partial charge in [-0.3, -0.25) is 9.59 Å². The maximum atomic E-state index is 12.2. The fourth-order valence-corrected chi connectivity index (χ4v) is 8.29. The van der Waals surface area contributed by atoms with Gasteiger partial charge in [0.15, 0.2) is 0 Å². The lowest BCUT2D eigenvalue weighted by Crippen LogP contribution is -2.63. The molecule has 0 aromatic carbocycles. The second-order valence-corrected chi connectivity index (χ2v) is 11.8. The standard InChI is InChI=1S/C29H40O7/c1-16(2)19-12-23(31)29(6)21(28(19,5)24(32)14-25(33)34-7)8-10-27(4)22(29)13-20(36-17(3)30)26(27)18-9-11-35-15-18/h9,11,13,15,19-21,23-24,26,31-32H,1,8,10,12,14H2,2-7H3. The number of methoxy groups -OCH3 is 1. The number of hydrogen-bond acceptors (Lipinski definition) is 7. The number of aliphatic hydroxyl groups excluding tert-OH is 2. The van der Waals surface area contributed by atoms with E-state index in [4.69, 9.17) is 13.9 Å². The molecule has 2 fully saturated rings. The Labute approximate surface area is 213 Å². The number of carbonyl (C=O) groups is 2. The quantitative estimate of drug-likeness (QED) is 0.436. The monoisotopic (exact) mass is 500 g/mol. The Hall–Kier alpha value is -2.38. The van der Waals surface area contributed by atoms with Crippen molar-refractivity contribution < 1.29 is 33.7 Å². The number of rotatable bonds is 6. The van der Waals surface area contributed by atoms with Crippen molar-refractivity contribution in [3.05, 3.63) is 48.0 Å². The second-order valence-electron chi connectivity index (χ2n) is 11.8. The van der Waals surface area contributed by atoms with Crippen LogP contribution in [0.2, 0.25) is 0 Å². The summed E-state index contributed by atoms with van der Waals surface area (Å²) in [4.78, 5) is 24.3. The molecule has 7 heteroatoms. The number of carbonyl (C=O) groups excluding carboxylic acids is 2. The zero-order chi connectivity index (χ0) is 26.6. The van der Waals surface area contributed by atoms with E-state index in [2.05, 4.69) is 20.4 Å². The van der Waals surface area contributed by atoms with Crippen molar-refractivity contribution in [2.24, 2.45) is 28.1 Å². The number of allylic oxidation sites excluding steroid dienone is 1. The van der Waals surface area contributed by atoms with E-state index < -0.39 is 35.1 Å². The predicted octanol–water partition coefficient (Wildman–Crippen LogP) is 4.54. The number of fused-ring (bicyclic) bond motifs is 3. The van der Waals surface area contributed by atoms with Crippen LogP contribution < -0.4 is 0 Å². The Kier molecular flexibility index (Phi) is 6.80. The topological polar surface area (TPSA) is 106 Å². The molecule has 7 nitrogen and oxygen atoms in total. The Morgan fingerprint density at radius 3 is 2.53 bits per heavy atom. The Morgan fingerprint density at radius 1 is 1.28 bits per heavy atom. The molecule has 0 aliphatic heterocycles. The maximum absolute atomic E-state index is 12.2. The molecule has 3 aliphatic rings. The molecule has 1 aromatic rings. The molecule has 1 aromatic heterocycles. The smallest absolute Gasteiger partial charge is 0.308 e. The summed E-state index contributed by atoms with van der Waals surface area (Å²) < 4.78 is 16.1. The molecule has 0 bridgehead atoms. The van der Waals surface area contributed by atoms with E-state index in [1.165, 1.54) is 14.0 Å². The van der Waals surface area contributed by atoms with Crippen molar-refractivity contribution in [1.82, 2.24) is 0 Å². The second kappa shape index (κ2) is 9.18. The SMILES string of the molecule is C=C(C)C1CC(O)C2(C)C3=CC(OC(C)=O)C(c4ccoc4)C3(C)CCC2C1(C)C(O)CC(=O)OC. The van der Waals surface area contributed by atoms with Crippen molar-refractivity contribution in [2.45, 2.75) is 84.5 Å². The lowest BCUT2D eigenvalue weighted by Gasteiger charge is -2.65. The van der Waals surface area contributed by atoms with Gasteiger partial charge in [-0.2, -0.15) is 0 Å². The van der Waals surface area contributed by atoms with Crippen LogP contribution in [0, 0.1) is 28.1 Å². The zero-order valence-corrected chi connectivity index (χ0v) is 22.2. The molecule has 0 radical (unpaired) electrons. The number of ether oxygens (including phenoxy) is 2. The van der Waals surface area contributed by atoms with Crippen molar-refractivity contribution in [2.75, 3.05) is 7.11 Å². The van der Waals surface area contributed by atoms with Gasteiger partial charge in [-0.25, -0.2) is 0 Å². The van der Waals surface area contributed by atoms with Gasteiger partial charge in [0.25, 0.3) is 0 Å². The summed E-state index contributed by atoms with van der Waals surface area (Å²) >= 11 is 0. The van der Waals surface area contributed by atoms with Crippen LogP contribution in [0.25, 0.3) is 0 Å².